The summed E-state index contributed by atoms with van der Waals surface area (Å²) in [6.07, 6.45) is 2.23. The smallest absolute Gasteiger partial charge is 0.248 e. The van der Waals surface area contributed by atoms with E-state index in [4.69, 9.17) is 10.5 Å². The molecule has 4 nitrogen and oxygen atoms in total. The van der Waals surface area contributed by atoms with Gasteiger partial charge in [0.2, 0.25) is 5.91 Å². The first-order valence-corrected chi connectivity index (χ1v) is 7.94. The summed E-state index contributed by atoms with van der Waals surface area (Å²) in [5, 5.41) is 3.29. The topological polar surface area (TPSA) is 64.3 Å². The van der Waals surface area contributed by atoms with Gasteiger partial charge in [-0.2, -0.15) is 0 Å². The summed E-state index contributed by atoms with van der Waals surface area (Å²) < 4.78 is 5.78. The van der Waals surface area contributed by atoms with Crippen LogP contribution in [0.2, 0.25) is 0 Å². The lowest BCUT2D eigenvalue weighted by Gasteiger charge is -2.11. The first-order chi connectivity index (χ1) is 11.0. The Kier molecular flexibility index (Phi) is 6.03. The average Bonchev–Trinajstić information content (AvgIpc) is 2.52. The van der Waals surface area contributed by atoms with Gasteiger partial charge in [0.1, 0.15) is 5.75 Å². The maximum Gasteiger partial charge on any atom is 0.248 e. The van der Waals surface area contributed by atoms with Crippen LogP contribution in [0.15, 0.2) is 48.5 Å². The highest BCUT2D eigenvalue weighted by atomic mass is 16.5. The zero-order valence-corrected chi connectivity index (χ0v) is 13.7. The Labute approximate surface area is 137 Å². The molecule has 2 aromatic carbocycles. The molecule has 3 N–H and O–H groups in total. The molecule has 0 saturated heterocycles. The van der Waals surface area contributed by atoms with E-state index in [1.54, 1.807) is 12.1 Å². The Hall–Kier alpha value is -2.49. The highest BCUT2D eigenvalue weighted by molar-refractivity contribution is 5.93. The molecular formula is C19H24N2O2. The SMILES string of the molecule is CC(C)CCCOc1cccc(Nc2ccc(C(N)=O)cc2)c1. The quantitative estimate of drug-likeness (QED) is 0.712. The fourth-order valence-corrected chi connectivity index (χ4v) is 2.23. The number of anilines is 2. The molecule has 122 valence electrons. The maximum atomic E-state index is 11.1. The molecule has 0 saturated carbocycles. The second kappa shape index (κ2) is 8.22. The third-order valence-corrected chi connectivity index (χ3v) is 3.49. The molecule has 0 spiro atoms. The average molecular weight is 312 g/mol. The van der Waals surface area contributed by atoms with Crippen LogP contribution in [0.1, 0.15) is 37.0 Å². The minimum atomic E-state index is -0.423. The van der Waals surface area contributed by atoms with E-state index in [1.807, 2.05) is 36.4 Å². The van der Waals surface area contributed by atoms with Gasteiger partial charge in [0, 0.05) is 23.0 Å². The van der Waals surface area contributed by atoms with Gasteiger partial charge in [-0.25, -0.2) is 0 Å². The largest absolute Gasteiger partial charge is 0.494 e. The molecule has 2 aromatic rings. The normalized spacial score (nSPS) is 10.6. The van der Waals surface area contributed by atoms with Crippen LogP contribution in [0, 0.1) is 5.92 Å². The lowest BCUT2D eigenvalue weighted by Crippen LogP contribution is -2.10. The van der Waals surface area contributed by atoms with Crippen LogP contribution < -0.4 is 15.8 Å². The predicted octanol–water partition coefficient (Wildman–Crippen LogP) is 4.34. The summed E-state index contributed by atoms with van der Waals surface area (Å²) in [5.41, 5.74) is 7.57. The number of benzene rings is 2. The molecule has 0 heterocycles. The van der Waals surface area contributed by atoms with Gasteiger partial charge in [-0.15, -0.1) is 0 Å². The molecule has 0 unspecified atom stereocenters. The molecule has 0 aromatic heterocycles. The molecule has 23 heavy (non-hydrogen) atoms. The Bertz CT molecular complexity index is 636. The van der Waals surface area contributed by atoms with Crippen LogP contribution in [0.3, 0.4) is 0 Å². The molecule has 0 atom stereocenters. The lowest BCUT2D eigenvalue weighted by atomic mass is 10.1. The molecule has 0 aliphatic carbocycles. The molecule has 0 radical (unpaired) electrons. The van der Waals surface area contributed by atoms with Crippen molar-refractivity contribution in [3.63, 3.8) is 0 Å². The number of nitrogens with one attached hydrogen (secondary N) is 1. The van der Waals surface area contributed by atoms with Crippen molar-refractivity contribution in [3.05, 3.63) is 54.1 Å². The van der Waals surface area contributed by atoms with Gasteiger partial charge in [0.15, 0.2) is 0 Å². The molecule has 0 aliphatic rings. The van der Waals surface area contributed by atoms with Crippen molar-refractivity contribution in [2.45, 2.75) is 26.7 Å². The fourth-order valence-electron chi connectivity index (χ4n) is 2.23. The van der Waals surface area contributed by atoms with Crippen LogP contribution in [0.5, 0.6) is 5.75 Å². The van der Waals surface area contributed by atoms with Gasteiger partial charge >= 0.3 is 0 Å². The summed E-state index contributed by atoms with van der Waals surface area (Å²) in [5.74, 6) is 1.14. The van der Waals surface area contributed by atoms with Crippen LogP contribution in [-0.2, 0) is 0 Å². The summed E-state index contributed by atoms with van der Waals surface area (Å²) in [7, 11) is 0. The van der Waals surface area contributed by atoms with E-state index in [1.165, 1.54) is 6.42 Å². The van der Waals surface area contributed by atoms with Crippen molar-refractivity contribution in [2.75, 3.05) is 11.9 Å². The molecule has 4 heteroatoms. The van der Waals surface area contributed by atoms with Crippen molar-refractivity contribution >= 4 is 17.3 Å². The molecule has 0 aliphatic heterocycles. The standard InChI is InChI=1S/C19H24N2O2/c1-14(2)5-4-12-23-18-7-3-6-17(13-18)21-16-10-8-15(9-11-16)19(20)22/h3,6-11,13-14,21H,4-5,12H2,1-2H3,(H2,20,22). The minimum Gasteiger partial charge on any atom is -0.494 e. The van der Waals surface area contributed by atoms with Crippen LogP contribution in [0.25, 0.3) is 0 Å². The van der Waals surface area contributed by atoms with Crippen molar-refractivity contribution in [1.29, 1.82) is 0 Å². The van der Waals surface area contributed by atoms with E-state index in [2.05, 4.69) is 19.2 Å². The van der Waals surface area contributed by atoms with Crippen LogP contribution in [0.4, 0.5) is 11.4 Å². The van der Waals surface area contributed by atoms with Crippen molar-refractivity contribution < 1.29 is 9.53 Å². The third kappa shape index (κ3) is 5.66. The fraction of sp³-hybridized carbons (Fsp3) is 0.316. The third-order valence-electron chi connectivity index (χ3n) is 3.49. The second-order valence-electron chi connectivity index (χ2n) is 5.98. The Morgan fingerprint density at radius 2 is 1.87 bits per heavy atom. The highest BCUT2D eigenvalue weighted by Gasteiger charge is 2.02. The molecule has 2 rings (SSSR count). The summed E-state index contributed by atoms with van der Waals surface area (Å²) >= 11 is 0. The second-order valence-corrected chi connectivity index (χ2v) is 5.98. The van der Waals surface area contributed by atoms with Crippen LogP contribution >= 0.6 is 0 Å². The number of nitrogens with two attached hydrogens (primary N) is 1. The molecular weight excluding hydrogens is 288 g/mol. The molecule has 1 amide bonds. The number of hydrogen-bond acceptors (Lipinski definition) is 3. The minimum absolute atomic E-state index is 0.423. The summed E-state index contributed by atoms with van der Waals surface area (Å²) in [4.78, 5) is 11.1. The lowest BCUT2D eigenvalue weighted by molar-refractivity contribution is 0.100. The first kappa shape index (κ1) is 16.9. The summed E-state index contributed by atoms with van der Waals surface area (Å²) in [6.45, 7) is 5.16. The number of amides is 1. The monoisotopic (exact) mass is 312 g/mol. The Morgan fingerprint density at radius 1 is 1.13 bits per heavy atom. The Morgan fingerprint density at radius 3 is 2.52 bits per heavy atom. The van der Waals surface area contributed by atoms with Gasteiger partial charge in [0.05, 0.1) is 6.61 Å². The molecule has 0 fully saturated rings. The number of ether oxygens (including phenoxy) is 1. The first-order valence-electron chi connectivity index (χ1n) is 7.94. The van der Waals surface area contributed by atoms with Gasteiger partial charge in [-0.1, -0.05) is 19.9 Å². The van der Waals surface area contributed by atoms with Crippen molar-refractivity contribution in [3.8, 4) is 5.75 Å². The highest BCUT2D eigenvalue weighted by Crippen LogP contribution is 2.22. The van der Waals surface area contributed by atoms with Gasteiger partial charge in [-0.05, 0) is 55.2 Å². The van der Waals surface area contributed by atoms with E-state index >= 15 is 0 Å². The number of carbonyl (C=O) groups is 1. The van der Waals surface area contributed by atoms with Crippen LogP contribution in [-0.4, -0.2) is 12.5 Å². The van der Waals surface area contributed by atoms with Gasteiger partial charge in [0.25, 0.3) is 0 Å². The van der Waals surface area contributed by atoms with E-state index in [9.17, 15) is 4.79 Å². The predicted molar refractivity (Wildman–Crippen MR) is 94.3 cm³/mol. The van der Waals surface area contributed by atoms with E-state index < -0.39 is 5.91 Å². The summed E-state index contributed by atoms with van der Waals surface area (Å²) in [6, 6.07) is 14.9. The van der Waals surface area contributed by atoms with Crippen molar-refractivity contribution in [2.24, 2.45) is 11.7 Å². The number of carbonyl (C=O) groups excluding carboxylic acids is 1. The van der Waals surface area contributed by atoms with E-state index in [0.717, 1.165) is 30.2 Å². The van der Waals surface area contributed by atoms with E-state index in [-0.39, 0.29) is 0 Å². The molecule has 0 bridgehead atoms. The van der Waals surface area contributed by atoms with Gasteiger partial charge in [-0.3, -0.25) is 4.79 Å². The number of primary amides is 1. The maximum absolute atomic E-state index is 11.1. The number of rotatable bonds is 8. The van der Waals surface area contributed by atoms with E-state index in [0.29, 0.717) is 11.5 Å². The zero-order chi connectivity index (χ0) is 16.7. The van der Waals surface area contributed by atoms with Gasteiger partial charge < -0.3 is 15.8 Å². The zero-order valence-electron chi connectivity index (χ0n) is 13.7. The number of hydrogen-bond donors (Lipinski definition) is 2. The van der Waals surface area contributed by atoms with Crippen molar-refractivity contribution in [1.82, 2.24) is 0 Å². The Balaban J connectivity index is 1.92.